The van der Waals surface area contributed by atoms with Gasteiger partial charge in [-0.05, 0) is 18.1 Å². The second-order valence-electron chi connectivity index (χ2n) is 3.08. The van der Waals surface area contributed by atoms with Gasteiger partial charge in [0.2, 0.25) is 0 Å². The highest BCUT2D eigenvalue weighted by Crippen LogP contribution is 2.27. The Morgan fingerprint density at radius 3 is 2.85 bits per heavy atom. The lowest BCUT2D eigenvalue weighted by atomic mass is 10.1. The van der Waals surface area contributed by atoms with Crippen molar-refractivity contribution in [2.75, 3.05) is 0 Å². The van der Waals surface area contributed by atoms with E-state index in [1.54, 1.807) is 6.07 Å². The second-order valence-corrected chi connectivity index (χ2v) is 3.08. The number of ketones is 1. The number of benzene rings is 1. The quantitative estimate of drug-likeness (QED) is 0.481. The van der Waals surface area contributed by atoms with Crippen molar-refractivity contribution >= 4 is 12.1 Å². The van der Waals surface area contributed by atoms with E-state index in [4.69, 9.17) is 0 Å². The highest BCUT2D eigenvalue weighted by Gasteiger charge is 2.31. The molecule has 0 N–H and O–H groups in total. The van der Waals surface area contributed by atoms with E-state index in [1.807, 2.05) is 0 Å². The third-order valence-electron chi connectivity index (χ3n) is 2.31. The Morgan fingerprint density at radius 2 is 2.23 bits per heavy atom. The van der Waals surface area contributed by atoms with Gasteiger partial charge in [-0.25, -0.2) is 4.39 Å². The molecule has 0 aliphatic heterocycles. The number of carbonyl (C=O) groups is 2. The predicted molar refractivity (Wildman–Crippen MR) is 44.0 cm³/mol. The summed E-state index contributed by atoms with van der Waals surface area (Å²) in [7, 11) is 0. The van der Waals surface area contributed by atoms with Crippen LogP contribution in [0.4, 0.5) is 4.39 Å². The van der Waals surface area contributed by atoms with Gasteiger partial charge in [-0.1, -0.05) is 12.1 Å². The highest BCUT2D eigenvalue weighted by atomic mass is 19.1. The van der Waals surface area contributed by atoms with E-state index in [9.17, 15) is 14.0 Å². The number of aldehydes is 1. The Hall–Kier alpha value is -1.51. The van der Waals surface area contributed by atoms with Crippen LogP contribution in [0.2, 0.25) is 0 Å². The van der Waals surface area contributed by atoms with Crippen molar-refractivity contribution in [3.05, 3.63) is 35.1 Å². The first-order chi connectivity index (χ1) is 6.24. The Kier molecular flexibility index (Phi) is 1.72. The van der Waals surface area contributed by atoms with Crippen molar-refractivity contribution in [1.82, 2.24) is 0 Å². The Morgan fingerprint density at radius 1 is 1.46 bits per heavy atom. The first kappa shape index (κ1) is 8.10. The fourth-order valence-electron chi connectivity index (χ4n) is 1.62. The number of carbonyl (C=O) groups excluding carboxylic acids is 2. The van der Waals surface area contributed by atoms with E-state index in [2.05, 4.69) is 0 Å². The summed E-state index contributed by atoms with van der Waals surface area (Å²) in [5.74, 6) is -1.33. The largest absolute Gasteiger partial charge is 0.303 e. The summed E-state index contributed by atoms with van der Waals surface area (Å²) in [5.41, 5.74) is 0.738. The zero-order chi connectivity index (χ0) is 9.42. The van der Waals surface area contributed by atoms with Gasteiger partial charge in [0.15, 0.2) is 5.78 Å². The molecule has 1 aliphatic rings. The molecule has 3 heteroatoms. The van der Waals surface area contributed by atoms with Crippen LogP contribution < -0.4 is 0 Å². The minimum Gasteiger partial charge on any atom is -0.303 e. The lowest BCUT2D eigenvalue weighted by molar-refractivity contribution is -0.109. The predicted octanol–water partition coefficient (Wildman–Crippen LogP) is 1.38. The summed E-state index contributed by atoms with van der Waals surface area (Å²) in [6.45, 7) is 0. The number of rotatable bonds is 1. The van der Waals surface area contributed by atoms with Crippen molar-refractivity contribution in [3.8, 4) is 0 Å². The van der Waals surface area contributed by atoms with E-state index >= 15 is 0 Å². The number of halogens is 1. The summed E-state index contributed by atoms with van der Waals surface area (Å²) in [5, 5.41) is 0. The van der Waals surface area contributed by atoms with Gasteiger partial charge in [-0.15, -0.1) is 0 Å². The van der Waals surface area contributed by atoms with Crippen LogP contribution in [-0.2, 0) is 11.2 Å². The molecule has 0 heterocycles. The van der Waals surface area contributed by atoms with Gasteiger partial charge in [0.1, 0.15) is 12.1 Å². The van der Waals surface area contributed by atoms with Crippen LogP contribution in [0.3, 0.4) is 0 Å². The third-order valence-corrected chi connectivity index (χ3v) is 2.31. The number of hydrogen-bond acceptors (Lipinski definition) is 2. The Labute approximate surface area is 74.4 Å². The van der Waals surface area contributed by atoms with Gasteiger partial charge >= 0.3 is 0 Å². The van der Waals surface area contributed by atoms with Crippen LogP contribution in [0.1, 0.15) is 15.9 Å². The smallest absolute Gasteiger partial charge is 0.173 e. The van der Waals surface area contributed by atoms with Crippen molar-refractivity contribution in [2.45, 2.75) is 6.42 Å². The molecule has 13 heavy (non-hydrogen) atoms. The van der Waals surface area contributed by atoms with Crippen LogP contribution >= 0.6 is 0 Å². The zero-order valence-corrected chi connectivity index (χ0v) is 6.79. The molecule has 0 aromatic heterocycles. The van der Waals surface area contributed by atoms with E-state index in [0.29, 0.717) is 17.4 Å². The summed E-state index contributed by atoms with van der Waals surface area (Å²) < 4.78 is 13.1. The maximum atomic E-state index is 13.1. The van der Waals surface area contributed by atoms with Crippen LogP contribution in [0.15, 0.2) is 18.2 Å². The molecular weight excluding hydrogens is 171 g/mol. The number of hydrogen-bond donors (Lipinski definition) is 0. The van der Waals surface area contributed by atoms with Crippen LogP contribution in [-0.4, -0.2) is 12.1 Å². The molecule has 0 bridgehead atoms. The van der Waals surface area contributed by atoms with Gasteiger partial charge in [0, 0.05) is 5.56 Å². The molecule has 0 spiro atoms. The van der Waals surface area contributed by atoms with Crippen LogP contribution in [0.25, 0.3) is 0 Å². The summed E-state index contributed by atoms with van der Waals surface area (Å²) in [4.78, 5) is 21.8. The van der Waals surface area contributed by atoms with Crippen molar-refractivity contribution in [2.24, 2.45) is 5.92 Å². The molecule has 1 aliphatic carbocycles. The van der Waals surface area contributed by atoms with Gasteiger partial charge in [-0.2, -0.15) is 0 Å². The monoisotopic (exact) mass is 178 g/mol. The molecule has 2 nitrogen and oxygen atoms in total. The molecular formula is C10H7FO2. The van der Waals surface area contributed by atoms with Crippen LogP contribution in [0.5, 0.6) is 0 Å². The van der Waals surface area contributed by atoms with Gasteiger partial charge < -0.3 is 4.79 Å². The van der Waals surface area contributed by atoms with Gasteiger partial charge in [-0.3, -0.25) is 4.79 Å². The van der Waals surface area contributed by atoms with E-state index in [1.165, 1.54) is 12.1 Å². The summed E-state index contributed by atoms with van der Waals surface area (Å²) in [6.07, 6.45) is 0.798. The van der Waals surface area contributed by atoms with Crippen molar-refractivity contribution in [3.63, 3.8) is 0 Å². The summed E-state index contributed by atoms with van der Waals surface area (Å²) in [6, 6.07) is 4.35. The molecule has 1 aromatic carbocycles. The molecule has 1 unspecified atom stereocenters. The zero-order valence-electron chi connectivity index (χ0n) is 6.79. The molecule has 0 radical (unpaired) electrons. The molecule has 0 amide bonds. The SMILES string of the molecule is O=CC1Cc2c(F)cccc2C1=O. The van der Waals surface area contributed by atoms with Gasteiger partial charge in [0.25, 0.3) is 0 Å². The normalized spacial score (nSPS) is 20.1. The number of Topliss-reactive ketones (excluding diaryl/α,β-unsaturated/α-hetero) is 1. The summed E-state index contributed by atoms with van der Waals surface area (Å²) >= 11 is 0. The molecule has 1 aromatic rings. The molecule has 0 saturated carbocycles. The Bertz CT molecular complexity index is 385. The maximum Gasteiger partial charge on any atom is 0.173 e. The highest BCUT2D eigenvalue weighted by molar-refractivity contribution is 6.09. The average molecular weight is 178 g/mol. The minimum atomic E-state index is -0.674. The third kappa shape index (κ3) is 1.08. The maximum absolute atomic E-state index is 13.1. The first-order valence-corrected chi connectivity index (χ1v) is 4.01. The molecule has 0 fully saturated rings. The van der Waals surface area contributed by atoms with Crippen molar-refractivity contribution in [1.29, 1.82) is 0 Å². The van der Waals surface area contributed by atoms with Crippen molar-refractivity contribution < 1.29 is 14.0 Å². The van der Waals surface area contributed by atoms with Crippen LogP contribution in [0, 0.1) is 11.7 Å². The van der Waals surface area contributed by atoms with E-state index < -0.39 is 11.7 Å². The lowest BCUT2D eigenvalue weighted by Crippen LogP contribution is -2.09. The number of fused-ring (bicyclic) bond motifs is 1. The average Bonchev–Trinajstić information content (AvgIpc) is 2.45. The van der Waals surface area contributed by atoms with E-state index in [-0.39, 0.29) is 12.2 Å². The molecule has 1 atom stereocenters. The second kappa shape index (κ2) is 2.76. The molecule has 0 saturated heterocycles. The molecule has 66 valence electrons. The lowest BCUT2D eigenvalue weighted by Gasteiger charge is -1.96. The van der Waals surface area contributed by atoms with Gasteiger partial charge in [0.05, 0.1) is 5.92 Å². The minimum absolute atomic E-state index is 0.213. The van der Waals surface area contributed by atoms with E-state index in [0.717, 1.165) is 0 Å². The first-order valence-electron chi connectivity index (χ1n) is 4.01. The Balaban J connectivity index is 2.55. The topological polar surface area (TPSA) is 34.1 Å². The fourth-order valence-corrected chi connectivity index (χ4v) is 1.62. The molecule has 2 rings (SSSR count). The fraction of sp³-hybridized carbons (Fsp3) is 0.200. The standard InChI is InChI=1S/C10H7FO2/c11-9-3-1-2-7-8(9)4-6(5-12)10(7)13/h1-3,5-6H,4H2.